The van der Waals surface area contributed by atoms with Crippen molar-refractivity contribution in [3.8, 4) is 0 Å². The Kier molecular flexibility index (Phi) is 6.25. The highest BCUT2D eigenvalue weighted by atomic mass is 35.5. The Morgan fingerprint density at radius 2 is 2.28 bits per heavy atom. The number of rotatable bonds is 4. The van der Waals surface area contributed by atoms with Crippen LogP contribution >= 0.6 is 24.2 Å². The van der Waals surface area contributed by atoms with Gasteiger partial charge in [0.25, 0.3) is 0 Å². The fourth-order valence-corrected chi connectivity index (χ4v) is 3.38. The van der Waals surface area contributed by atoms with Crippen LogP contribution in [0.15, 0.2) is 0 Å². The Balaban J connectivity index is 0.00000162. The second-order valence-electron chi connectivity index (χ2n) is 4.67. The van der Waals surface area contributed by atoms with Crippen LogP contribution in [0.5, 0.6) is 0 Å². The van der Waals surface area contributed by atoms with Gasteiger partial charge in [-0.25, -0.2) is 0 Å². The molecule has 1 heterocycles. The zero-order valence-electron chi connectivity index (χ0n) is 10.3. The number of nitrogens with two attached hydrogens (primary N) is 1. The van der Waals surface area contributed by atoms with Crippen LogP contribution in [-0.4, -0.2) is 47.5 Å². The average molecular weight is 294 g/mol. The Labute approximate surface area is 118 Å². The molecule has 2 atom stereocenters. The Bertz CT molecular complexity index is 317. The number of carbonyl (C=O) groups is 2. The Hall–Kier alpha value is -0.460. The van der Waals surface area contributed by atoms with Crippen LogP contribution in [0.1, 0.15) is 19.3 Å². The molecular formula is C11H20ClN3O2S. The number of hydrogen-bond acceptors (Lipinski definition) is 4. The van der Waals surface area contributed by atoms with Crippen molar-refractivity contribution in [1.29, 1.82) is 0 Å². The second kappa shape index (κ2) is 7.21. The molecule has 2 amide bonds. The van der Waals surface area contributed by atoms with Crippen molar-refractivity contribution in [2.75, 3.05) is 24.7 Å². The fourth-order valence-electron chi connectivity index (χ4n) is 2.48. The maximum atomic E-state index is 11.8. The minimum absolute atomic E-state index is 0. The third-order valence-corrected chi connectivity index (χ3v) is 4.41. The lowest BCUT2D eigenvalue weighted by Gasteiger charge is -2.21. The molecule has 1 saturated carbocycles. The molecule has 5 nitrogen and oxygen atoms in total. The predicted molar refractivity (Wildman–Crippen MR) is 74.6 cm³/mol. The lowest BCUT2D eigenvalue weighted by Crippen LogP contribution is -2.45. The molecule has 18 heavy (non-hydrogen) atoms. The Morgan fingerprint density at radius 1 is 1.50 bits per heavy atom. The molecule has 2 rings (SSSR count). The van der Waals surface area contributed by atoms with Gasteiger partial charge in [0, 0.05) is 6.04 Å². The van der Waals surface area contributed by atoms with Gasteiger partial charge in [0.15, 0.2) is 0 Å². The summed E-state index contributed by atoms with van der Waals surface area (Å²) in [6.45, 7) is 0.822. The van der Waals surface area contributed by atoms with E-state index in [9.17, 15) is 9.59 Å². The molecule has 2 unspecified atom stereocenters. The number of thioether (sulfide) groups is 1. The van der Waals surface area contributed by atoms with Gasteiger partial charge in [0.1, 0.15) is 6.54 Å². The fraction of sp³-hybridized carbons (Fsp3) is 0.818. The Morgan fingerprint density at radius 3 is 2.89 bits per heavy atom. The van der Waals surface area contributed by atoms with Crippen LogP contribution in [-0.2, 0) is 9.59 Å². The monoisotopic (exact) mass is 293 g/mol. The van der Waals surface area contributed by atoms with Gasteiger partial charge in [-0.05, 0) is 25.3 Å². The van der Waals surface area contributed by atoms with E-state index >= 15 is 0 Å². The van der Waals surface area contributed by atoms with Gasteiger partial charge in [-0.1, -0.05) is 6.42 Å². The maximum absolute atomic E-state index is 11.8. The standard InChI is InChI=1S/C11H19N3O2S.ClH/c12-4-8-2-1-3-9(8)13-10(15)5-14-7-17-6-11(14)16;/h8-9H,1-7,12H2,(H,13,15);1H. The molecule has 0 aromatic rings. The lowest BCUT2D eigenvalue weighted by molar-refractivity contribution is -0.132. The molecule has 1 aliphatic carbocycles. The van der Waals surface area contributed by atoms with E-state index in [2.05, 4.69) is 5.32 Å². The van der Waals surface area contributed by atoms with Crippen molar-refractivity contribution in [2.24, 2.45) is 11.7 Å². The number of hydrogen-bond donors (Lipinski definition) is 2. The van der Waals surface area contributed by atoms with E-state index in [1.165, 1.54) is 0 Å². The summed E-state index contributed by atoms with van der Waals surface area (Å²) in [6.07, 6.45) is 3.24. The largest absolute Gasteiger partial charge is 0.352 e. The minimum Gasteiger partial charge on any atom is -0.352 e. The SMILES string of the molecule is Cl.NCC1CCCC1NC(=O)CN1CSCC1=O. The highest BCUT2D eigenvalue weighted by molar-refractivity contribution is 8.00. The third-order valence-electron chi connectivity index (χ3n) is 3.47. The van der Waals surface area contributed by atoms with E-state index in [4.69, 9.17) is 5.73 Å². The van der Waals surface area contributed by atoms with Crippen molar-refractivity contribution in [3.63, 3.8) is 0 Å². The van der Waals surface area contributed by atoms with Crippen molar-refractivity contribution in [3.05, 3.63) is 0 Å². The molecule has 0 aromatic heterocycles. The average Bonchev–Trinajstić information content (AvgIpc) is 2.89. The first-order valence-corrected chi connectivity index (χ1v) is 7.21. The third kappa shape index (κ3) is 3.76. The van der Waals surface area contributed by atoms with Gasteiger partial charge in [0.05, 0.1) is 11.6 Å². The van der Waals surface area contributed by atoms with Gasteiger partial charge in [-0.2, -0.15) is 0 Å². The summed E-state index contributed by atoms with van der Waals surface area (Å²) in [4.78, 5) is 24.8. The normalized spacial score (nSPS) is 27.2. The lowest BCUT2D eigenvalue weighted by atomic mass is 10.0. The molecule has 3 N–H and O–H groups in total. The molecule has 1 saturated heterocycles. The molecule has 7 heteroatoms. The van der Waals surface area contributed by atoms with Crippen molar-refractivity contribution in [2.45, 2.75) is 25.3 Å². The number of nitrogens with one attached hydrogen (secondary N) is 1. The van der Waals surface area contributed by atoms with Crippen LogP contribution < -0.4 is 11.1 Å². The smallest absolute Gasteiger partial charge is 0.239 e. The first-order chi connectivity index (χ1) is 8.20. The van der Waals surface area contributed by atoms with E-state index in [1.807, 2.05) is 0 Å². The van der Waals surface area contributed by atoms with E-state index in [-0.39, 0.29) is 36.8 Å². The van der Waals surface area contributed by atoms with Crippen LogP contribution in [0.4, 0.5) is 0 Å². The highest BCUT2D eigenvalue weighted by Crippen LogP contribution is 2.24. The van der Waals surface area contributed by atoms with Gasteiger partial charge in [0.2, 0.25) is 11.8 Å². The summed E-state index contributed by atoms with van der Waals surface area (Å²) < 4.78 is 0. The molecule has 0 spiro atoms. The topological polar surface area (TPSA) is 75.4 Å². The number of amides is 2. The van der Waals surface area contributed by atoms with Gasteiger partial charge < -0.3 is 16.0 Å². The van der Waals surface area contributed by atoms with Crippen molar-refractivity contribution >= 4 is 36.0 Å². The molecule has 104 valence electrons. The second-order valence-corrected chi connectivity index (χ2v) is 5.63. The van der Waals surface area contributed by atoms with Gasteiger partial charge >= 0.3 is 0 Å². The summed E-state index contributed by atoms with van der Waals surface area (Å²) in [6, 6.07) is 0.206. The first-order valence-electron chi connectivity index (χ1n) is 6.05. The molecule has 0 bridgehead atoms. The summed E-state index contributed by atoms with van der Waals surface area (Å²) in [5, 5.41) is 3.01. The summed E-state index contributed by atoms with van der Waals surface area (Å²) in [5.74, 6) is 1.56. The molecule has 0 aromatic carbocycles. The summed E-state index contributed by atoms with van der Waals surface area (Å²) in [7, 11) is 0. The van der Waals surface area contributed by atoms with Crippen LogP contribution in [0.2, 0.25) is 0 Å². The molecule has 2 fully saturated rings. The van der Waals surface area contributed by atoms with Crippen molar-refractivity contribution < 1.29 is 9.59 Å². The van der Waals surface area contributed by atoms with E-state index in [1.54, 1.807) is 16.7 Å². The first kappa shape index (κ1) is 15.6. The predicted octanol–water partition coefficient (Wildman–Crippen LogP) is 0.185. The van der Waals surface area contributed by atoms with E-state index < -0.39 is 0 Å². The van der Waals surface area contributed by atoms with Gasteiger partial charge in [-0.15, -0.1) is 24.2 Å². The van der Waals surface area contributed by atoms with Crippen LogP contribution in [0.25, 0.3) is 0 Å². The minimum atomic E-state index is -0.0498. The van der Waals surface area contributed by atoms with E-state index in [0.717, 1.165) is 19.3 Å². The van der Waals surface area contributed by atoms with E-state index in [0.29, 0.717) is 24.1 Å². The van der Waals surface area contributed by atoms with Crippen LogP contribution in [0.3, 0.4) is 0 Å². The maximum Gasteiger partial charge on any atom is 0.239 e. The quantitative estimate of drug-likeness (QED) is 0.776. The van der Waals surface area contributed by atoms with Crippen molar-refractivity contribution in [1.82, 2.24) is 10.2 Å². The van der Waals surface area contributed by atoms with Gasteiger partial charge in [-0.3, -0.25) is 9.59 Å². The number of halogens is 1. The highest BCUT2D eigenvalue weighted by Gasteiger charge is 2.29. The summed E-state index contributed by atoms with van der Waals surface area (Å²) in [5.41, 5.74) is 5.67. The number of nitrogens with zero attached hydrogens (tertiary/aromatic N) is 1. The number of carbonyl (C=O) groups excluding carboxylic acids is 2. The molecule has 2 aliphatic rings. The molecular weight excluding hydrogens is 274 g/mol. The zero-order valence-corrected chi connectivity index (χ0v) is 11.9. The molecule has 1 aliphatic heterocycles. The zero-order chi connectivity index (χ0) is 12.3. The molecule has 0 radical (unpaired) electrons. The van der Waals surface area contributed by atoms with Crippen LogP contribution in [0, 0.1) is 5.92 Å². The summed E-state index contributed by atoms with van der Waals surface area (Å²) >= 11 is 1.56.